The Hall–Kier alpha value is -0.670. The summed E-state index contributed by atoms with van der Waals surface area (Å²) in [5.74, 6) is 1.44. The average Bonchev–Trinajstić information content (AvgIpc) is 3.02. The van der Waals surface area contributed by atoms with Crippen molar-refractivity contribution in [2.24, 2.45) is 0 Å². The van der Waals surface area contributed by atoms with Gasteiger partial charge >= 0.3 is 0 Å². The van der Waals surface area contributed by atoms with Crippen LogP contribution in [0.3, 0.4) is 0 Å². The molecule has 0 aliphatic heterocycles. The maximum absolute atomic E-state index is 6.13. The van der Waals surface area contributed by atoms with E-state index in [0.717, 1.165) is 21.2 Å². The molecule has 1 aliphatic rings. The van der Waals surface area contributed by atoms with Crippen LogP contribution in [-0.4, -0.2) is 9.97 Å². The number of benzene rings is 1. The van der Waals surface area contributed by atoms with E-state index in [1.54, 1.807) is 0 Å². The van der Waals surface area contributed by atoms with Crippen molar-refractivity contribution in [3.05, 3.63) is 33.6 Å². The summed E-state index contributed by atoms with van der Waals surface area (Å²) < 4.78 is 1.000. The molecule has 1 heterocycles. The molecule has 0 atom stereocenters. The molecular formula is C11H8BrClN2. The predicted molar refractivity (Wildman–Crippen MR) is 64.2 cm³/mol. The number of hydrogen-bond acceptors (Lipinski definition) is 2. The molecule has 0 amide bonds. The van der Waals surface area contributed by atoms with E-state index < -0.39 is 0 Å². The van der Waals surface area contributed by atoms with Crippen LogP contribution in [0, 0.1) is 0 Å². The van der Waals surface area contributed by atoms with E-state index >= 15 is 0 Å². The Kier molecular flexibility index (Phi) is 2.18. The molecule has 1 aromatic carbocycles. The first-order chi connectivity index (χ1) is 7.24. The summed E-state index contributed by atoms with van der Waals surface area (Å²) in [4.78, 5) is 8.86. The third-order valence-corrected chi connectivity index (χ3v) is 3.35. The maximum atomic E-state index is 6.13. The van der Waals surface area contributed by atoms with Gasteiger partial charge in [0.1, 0.15) is 11.0 Å². The molecule has 0 bridgehead atoms. The fraction of sp³-hybridized carbons (Fsp3) is 0.273. The first-order valence-electron chi connectivity index (χ1n) is 4.87. The number of rotatable bonds is 1. The van der Waals surface area contributed by atoms with Gasteiger partial charge in [0.25, 0.3) is 0 Å². The molecule has 0 N–H and O–H groups in total. The lowest BCUT2D eigenvalue weighted by atomic mass is 10.2. The third-order valence-electron chi connectivity index (χ3n) is 2.57. The predicted octanol–water partition coefficient (Wildman–Crippen LogP) is 3.92. The van der Waals surface area contributed by atoms with Crippen LogP contribution in [0.5, 0.6) is 0 Å². The highest BCUT2D eigenvalue weighted by atomic mass is 79.9. The summed E-state index contributed by atoms with van der Waals surface area (Å²) in [6, 6.07) is 5.90. The van der Waals surface area contributed by atoms with Crippen molar-refractivity contribution >= 4 is 38.4 Å². The van der Waals surface area contributed by atoms with Crippen molar-refractivity contribution in [3.63, 3.8) is 0 Å². The standard InChI is InChI=1S/C11H8BrClN2/c12-7-3-4-9-8(5-7)10(13)15-11(14-9)6-1-2-6/h3-6H,1-2H2. The molecule has 0 spiro atoms. The molecule has 0 radical (unpaired) electrons. The van der Waals surface area contributed by atoms with Gasteiger partial charge in [-0.25, -0.2) is 9.97 Å². The van der Waals surface area contributed by atoms with E-state index in [4.69, 9.17) is 11.6 Å². The van der Waals surface area contributed by atoms with E-state index in [9.17, 15) is 0 Å². The Morgan fingerprint density at radius 1 is 1.27 bits per heavy atom. The van der Waals surface area contributed by atoms with Crippen molar-refractivity contribution in [2.75, 3.05) is 0 Å². The summed E-state index contributed by atoms with van der Waals surface area (Å²) in [6.07, 6.45) is 2.39. The van der Waals surface area contributed by atoms with Gasteiger partial charge < -0.3 is 0 Å². The van der Waals surface area contributed by atoms with E-state index in [1.165, 1.54) is 12.8 Å². The van der Waals surface area contributed by atoms with E-state index in [-0.39, 0.29) is 0 Å². The fourth-order valence-corrected chi connectivity index (χ4v) is 2.20. The minimum Gasteiger partial charge on any atom is -0.232 e. The molecule has 76 valence electrons. The van der Waals surface area contributed by atoms with Gasteiger partial charge in [0.15, 0.2) is 0 Å². The fourth-order valence-electron chi connectivity index (χ4n) is 1.60. The van der Waals surface area contributed by atoms with Crippen LogP contribution in [0.25, 0.3) is 10.9 Å². The van der Waals surface area contributed by atoms with Crippen LogP contribution in [0.4, 0.5) is 0 Å². The summed E-state index contributed by atoms with van der Waals surface area (Å²) in [5, 5.41) is 1.47. The quantitative estimate of drug-likeness (QED) is 0.741. The van der Waals surface area contributed by atoms with Crippen molar-refractivity contribution < 1.29 is 0 Å². The SMILES string of the molecule is Clc1nc(C2CC2)nc2ccc(Br)cc12. The number of fused-ring (bicyclic) bond motifs is 1. The summed E-state index contributed by atoms with van der Waals surface area (Å²) in [5.41, 5.74) is 0.931. The Morgan fingerprint density at radius 3 is 2.80 bits per heavy atom. The molecule has 1 aromatic heterocycles. The van der Waals surface area contributed by atoms with Gasteiger partial charge in [0.2, 0.25) is 0 Å². The lowest BCUT2D eigenvalue weighted by Crippen LogP contribution is -1.94. The van der Waals surface area contributed by atoms with Crippen LogP contribution >= 0.6 is 27.5 Å². The van der Waals surface area contributed by atoms with Gasteiger partial charge in [-0.3, -0.25) is 0 Å². The molecule has 2 aromatic rings. The van der Waals surface area contributed by atoms with Crippen molar-refractivity contribution in [3.8, 4) is 0 Å². The highest BCUT2D eigenvalue weighted by Gasteiger charge is 2.27. The number of hydrogen-bond donors (Lipinski definition) is 0. The zero-order valence-electron chi connectivity index (χ0n) is 7.87. The molecule has 2 nitrogen and oxygen atoms in total. The van der Waals surface area contributed by atoms with Crippen molar-refractivity contribution in [1.29, 1.82) is 0 Å². The van der Waals surface area contributed by atoms with Gasteiger partial charge in [-0.15, -0.1) is 0 Å². The minimum atomic E-state index is 0.538. The van der Waals surface area contributed by atoms with E-state index in [0.29, 0.717) is 11.1 Å². The molecule has 0 saturated heterocycles. The van der Waals surface area contributed by atoms with Gasteiger partial charge in [-0.05, 0) is 31.0 Å². The average molecular weight is 284 g/mol. The van der Waals surface area contributed by atoms with Crippen LogP contribution in [-0.2, 0) is 0 Å². The smallest absolute Gasteiger partial charge is 0.140 e. The van der Waals surface area contributed by atoms with Crippen LogP contribution in [0.15, 0.2) is 22.7 Å². The second kappa shape index (κ2) is 3.42. The maximum Gasteiger partial charge on any atom is 0.140 e. The molecule has 1 aliphatic carbocycles. The molecule has 1 saturated carbocycles. The van der Waals surface area contributed by atoms with Gasteiger partial charge in [-0.2, -0.15) is 0 Å². The second-order valence-electron chi connectivity index (χ2n) is 3.81. The first kappa shape index (κ1) is 9.55. The molecule has 3 rings (SSSR count). The number of halogens is 2. The Bertz CT molecular complexity index is 537. The Morgan fingerprint density at radius 2 is 2.07 bits per heavy atom. The van der Waals surface area contributed by atoms with E-state index in [1.807, 2.05) is 18.2 Å². The highest BCUT2D eigenvalue weighted by molar-refractivity contribution is 9.10. The van der Waals surface area contributed by atoms with Crippen LogP contribution in [0.1, 0.15) is 24.6 Å². The summed E-state index contributed by atoms with van der Waals surface area (Å²) in [6.45, 7) is 0. The summed E-state index contributed by atoms with van der Waals surface area (Å²) >= 11 is 9.55. The Balaban J connectivity index is 2.26. The highest BCUT2D eigenvalue weighted by Crippen LogP contribution is 2.39. The lowest BCUT2D eigenvalue weighted by Gasteiger charge is -2.03. The zero-order chi connectivity index (χ0) is 10.4. The lowest BCUT2D eigenvalue weighted by molar-refractivity contribution is 0.948. The van der Waals surface area contributed by atoms with Crippen molar-refractivity contribution in [2.45, 2.75) is 18.8 Å². The van der Waals surface area contributed by atoms with E-state index in [2.05, 4.69) is 25.9 Å². The van der Waals surface area contributed by atoms with Gasteiger partial charge in [-0.1, -0.05) is 27.5 Å². The molecule has 0 unspecified atom stereocenters. The molecule has 1 fully saturated rings. The minimum absolute atomic E-state index is 0.538. The number of aromatic nitrogens is 2. The first-order valence-corrected chi connectivity index (χ1v) is 6.04. The third kappa shape index (κ3) is 1.74. The molecular weight excluding hydrogens is 275 g/mol. The second-order valence-corrected chi connectivity index (χ2v) is 5.08. The Labute approximate surface area is 101 Å². The molecule has 4 heteroatoms. The topological polar surface area (TPSA) is 25.8 Å². The monoisotopic (exact) mass is 282 g/mol. The summed E-state index contributed by atoms with van der Waals surface area (Å²) in [7, 11) is 0. The largest absolute Gasteiger partial charge is 0.232 e. The van der Waals surface area contributed by atoms with Gasteiger partial charge in [0.05, 0.1) is 5.52 Å². The van der Waals surface area contributed by atoms with Crippen LogP contribution < -0.4 is 0 Å². The van der Waals surface area contributed by atoms with Crippen LogP contribution in [0.2, 0.25) is 5.15 Å². The zero-order valence-corrected chi connectivity index (χ0v) is 10.2. The number of nitrogens with zero attached hydrogens (tertiary/aromatic N) is 2. The van der Waals surface area contributed by atoms with Crippen molar-refractivity contribution in [1.82, 2.24) is 9.97 Å². The normalized spacial score (nSPS) is 15.9. The van der Waals surface area contributed by atoms with Gasteiger partial charge in [0, 0.05) is 15.8 Å². The molecule has 15 heavy (non-hydrogen) atoms.